The molecule has 1 aliphatic heterocycles. The first kappa shape index (κ1) is 13.3. The van der Waals surface area contributed by atoms with Crippen molar-refractivity contribution in [2.24, 2.45) is 4.99 Å². The molecule has 6 heteroatoms. The van der Waals surface area contributed by atoms with Crippen LogP contribution in [0.25, 0.3) is 5.57 Å². The van der Waals surface area contributed by atoms with Gasteiger partial charge in [0.25, 0.3) is 0 Å². The van der Waals surface area contributed by atoms with Crippen LogP contribution >= 0.6 is 9.24 Å². The molecule has 1 N–H and O–H groups in total. The zero-order valence-corrected chi connectivity index (χ0v) is 11.3. The normalized spacial score (nSPS) is 16.9. The lowest BCUT2D eigenvalue weighted by atomic mass is 9.98. The van der Waals surface area contributed by atoms with Crippen molar-refractivity contribution in [2.45, 2.75) is 6.92 Å². The molecule has 19 heavy (non-hydrogen) atoms. The van der Waals surface area contributed by atoms with E-state index in [1.807, 2.05) is 6.07 Å². The smallest absolute Gasteiger partial charge is 0.152 e. The van der Waals surface area contributed by atoms with E-state index in [9.17, 15) is 4.39 Å². The van der Waals surface area contributed by atoms with Crippen molar-refractivity contribution in [3.63, 3.8) is 0 Å². The zero-order chi connectivity index (χ0) is 14.0. The summed E-state index contributed by atoms with van der Waals surface area (Å²) >= 11 is 0. The van der Waals surface area contributed by atoms with Gasteiger partial charge in [0.2, 0.25) is 0 Å². The van der Waals surface area contributed by atoms with Gasteiger partial charge in [0.05, 0.1) is 11.0 Å². The summed E-state index contributed by atoms with van der Waals surface area (Å²) in [5, 5.41) is 16.5. The van der Waals surface area contributed by atoms with Gasteiger partial charge in [0.1, 0.15) is 11.8 Å². The Morgan fingerprint density at radius 3 is 2.84 bits per heavy atom. The van der Waals surface area contributed by atoms with Crippen LogP contribution in [0.3, 0.4) is 0 Å². The van der Waals surface area contributed by atoms with Gasteiger partial charge in [-0.1, -0.05) is 15.3 Å². The van der Waals surface area contributed by atoms with Gasteiger partial charge in [-0.25, -0.2) is 9.38 Å². The molecular formula is C13H10FN4P. The van der Waals surface area contributed by atoms with Gasteiger partial charge < -0.3 is 0 Å². The fourth-order valence-corrected chi connectivity index (χ4v) is 2.06. The summed E-state index contributed by atoms with van der Waals surface area (Å²) in [6, 6.07) is 2.97. The molecule has 4 nitrogen and oxygen atoms in total. The van der Waals surface area contributed by atoms with Crippen molar-refractivity contribution in [1.29, 1.82) is 10.7 Å². The summed E-state index contributed by atoms with van der Waals surface area (Å²) < 4.78 is 14.0. The molecule has 1 aliphatic rings. The predicted molar refractivity (Wildman–Crippen MR) is 75.5 cm³/mol. The molecule has 1 unspecified atom stereocenters. The van der Waals surface area contributed by atoms with Crippen LogP contribution in [0, 0.1) is 22.6 Å². The van der Waals surface area contributed by atoms with Gasteiger partial charge in [-0.15, -0.1) is 0 Å². The van der Waals surface area contributed by atoms with Crippen LogP contribution in [-0.2, 0) is 0 Å². The lowest BCUT2D eigenvalue weighted by Crippen LogP contribution is -2.10. The molecule has 0 radical (unpaired) electrons. The molecule has 0 fully saturated rings. The Kier molecular flexibility index (Phi) is 3.64. The Morgan fingerprint density at radius 1 is 1.53 bits per heavy atom. The van der Waals surface area contributed by atoms with Gasteiger partial charge in [0, 0.05) is 17.3 Å². The number of halogens is 1. The van der Waals surface area contributed by atoms with E-state index < -0.39 is 5.82 Å². The number of rotatable bonds is 1. The molecule has 1 aromatic heterocycles. The van der Waals surface area contributed by atoms with E-state index in [-0.39, 0.29) is 17.1 Å². The predicted octanol–water partition coefficient (Wildman–Crippen LogP) is 2.69. The van der Waals surface area contributed by atoms with Crippen LogP contribution in [-0.4, -0.2) is 16.3 Å². The number of hydrogen-bond donors (Lipinski definition) is 1. The highest BCUT2D eigenvalue weighted by Crippen LogP contribution is 2.29. The Balaban J connectivity index is 2.61. The third-order valence-corrected chi connectivity index (χ3v) is 2.89. The Hall–Kier alpha value is -2.18. The highest BCUT2D eigenvalue weighted by atomic mass is 31.0. The van der Waals surface area contributed by atoms with Gasteiger partial charge in [0.15, 0.2) is 11.7 Å². The van der Waals surface area contributed by atoms with Crippen molar-refractivity contribution in [1.82, 2.24) is 4.98 Å². The van der Waals surface area contributed by atoms with E-state index in [0.29, 0.717) is 16.6 Å². The monoisotopic (exact) mass is 272 g/mol. The van der Waals surface area contributed by atoms with Crippen molar-refractivity contribution < 1.29 is 4.39 Å². The molecule has 0 amide bonds. The summed E-state index contributed by atoms with van der Waals surface area (Å²) in [5.41, 5.74) is 1.83. The van der Waals surface area contributed by atoms with Crippen molar-refractivity contribution >= 4 is 26.1 Å². The molecule has 2 rings (SSSR count). The molecule has 0 aliphatic carbocycles. The molecule has 0 saturated heterocycles. The maximum absolute atomic E-state index is 14.0. The molecular weight excluding hydrogens is 262 g/mol. The maximum Gasteiger partial charge on any atom is 0.152 e. The Morgan fingerprint density at radius 2 is 2.26 bits per heavy atom. The summed E-state index contributed by atoms with van der Waals surface area (Å²) in [5.74, 6) is -0.521. The van der Waals surface area contributed by atoms with Gasteiger partial charge in [-0.3, -0.25) is 10.4 Å². The average molecular weight is 272 g/mol. The summed E-state index contributed by atoms with van der Waals surface area (Å²) in [6.45, 7) is 1.75. The van der Waals surface area contributed by atoms with Crippen LogP contribution < -0.4 is 0 Å². The summed E-state index contributed by atoms with van der Waals surface area (Å²) in [6.07, 6.45) is 4.65. The number of hydrogen-bond acceptors (Lipinski definition) is 3. The number of dihydropyridines is 1. The highest BCUT2D eigenvalue weighted by Gasteiger charge is 2.20. The number of allylic oxidation sites excluding steroid dienone is 2. The fraction of sp³-hybridized carbons (Fsp3) is 0.0769. The third-order valence-electron chi connectivity index (χ3n) is 2.59. The second-order valence-corrected chi connectivity index (χ2v) is 4.40. The van der Waals surface area contributed by atoms with Gasteiger partial charge in [-0.2, -0.15) is 5.26 Å². The van der Waals surface area contributed by atoms with Crippen molar-refractivity contribution in [2.75, 3.05) is 0 Å². The zero-order valence-electron chi connectivity index (χ0n) is 10.1. The van der Waals surface area contributed by atoms with Crippen LogP contribution in [0.15, 0.2) is 35.0 Å². The number of aromatic nitrogens is 1. The fourth-order valence-electron chi connectivity index (χ4n) is 1.76. The van der Waals surface area contributed by atoms with Crippen LogP contribution in [0.5, 0.6) is 0 Å². The van der Waals surface area contributed by atoms with Gasteiger partial charge in [-0.05, 0) is 19.1 Å². The van der Waals surface area contributed by atoms with E-state index in [2.05, 4.69) is 19.2 Å². The van der Waals surface area contributed by atoms with Crippen LogP contribution in [0.1, 0.15) is 18.2 Å². The molecule has 1 aromatic rings. The summed E-state index contributed by atoms with van der Waals surface area (Å²) in [7, 11) is 2.38. The average Bonchev–Trinajstić information content (AvgIpc) is 2.37. The number of nitrogens with zero attached hydrogens (tertiary/aromatic N) is 3. The number of nitrogens with one attached hydrogen (secondary N) is 1. The number of amidine groups is 1. The SMILES string of the molecule is C/C=C1\C(=N)N=C(P)C=C1c1ncc(C#N)cc1F. The molecule has 94 valence electrons. The Bertz CT molecular complexity index is 695. The maximum atomic E-state index is 14.0. The second kappa shape index (κ2) is 5.21. The molecule has 0 aromatic carbocycles. The van der Waals surface area contributed by atoms with Crippen LogP contribution in [0.4, 0.5) is 4.39 Å². The second-order valence-electron chi connectivity index (χ2n) is 3.81. The van der Waals surface area contributed by atoms with E-state index in [1.54, 1.807) is 19.1 Å². The summed E-state index contributed by atoms with van der Waals surface area (Å²) in [4.78, 5) is 7.96. The number of aliphatic imine (C=N–C) groups is 1. The molecule has 0 bridgehead atoms. The minimum atomic E-state index is -0.586. The van der Waals surface area contributed by atoms with Crippen LogP contribution in [0.2, 0.25) is 0 Å². The largest absolute Gasteiger partial charge is 0.282 e. The quantitative estimate of drug-likeness (QED) is 0.798. The minimum absolute atomic E-state index is 0.0653. The molecule has 0 saturated carbocycles. The highest BCUT2D eigenvalue weighted by molar-refractivity contribution is 7.42. The number of nitriles is 1. The third kappa shape index (κ3) is 2.49. The lowest BCUT2D eigenvalue weighted by Gasteiger charge is -2.15. The molecule has 1 atom stereocenters. The van der Waals surface area contributed by atoms with E-state index in [4.69, 9.17) is 10.7 Å². The first-order valence-corrected chi connectivity index (χ1v) is 6.02. The van der Waals surface area contributed by atoms with E-state index in [0.717, 1.165) is 6.07 Å². The van der Waals surface area contributed by atoms with Crippen molar-refractivity contribution in [3.05, 3.63) is 47.1 Å². The molecule has 2 heterocycles. The number of pyridine rings is 1. The first-order valence-electron chi connectivity index (χ1n) is 5.44. The first-order chi connectivity index (χ1) is 9.06. The minimum Gasteiger partial charge on any atom is -0.282 e. The topological polar surface area (TPSA) is 72.9 Å². The van der Waals surface area contributed by atoms with Gasteiger partial charge >= 0.3 is 0 Å². The Labute approximate surface area is 112 Å². The van der Waals surface area contributed by atoms with Crippen molar-refractivity contribution in [3.8, 4) is 6.07 Å². The standard InChI is InChI=1S/C13H10FN4P/c1-2-8-9(4-11(19)18-13(8)16)12-10(14)3-7(5-15)6-17-12/h2-4,6,16H,19H2,1H3/b8-2-,16-13?. The molecule has 0 spiro atoms. The van der Waals surface area contributed by atoms with E-state index in [1.165, 1.54) is 6.20 Å². The lowest BCUT2D eigenvalue weighted by molar-refractivity contribution is 0.616. The van der Waals surface area contributed by atoms with E-state index >= 15 is 0 Å².